The molecule has 0 fully saturated rings. The molecule has 0 bridgehead atoms. The first-order valence-electron chi connectivity index (χ1n) is 9.50. The third-order valence-corrected chi connectivity index (χ3v) is 5.09. The van der Waals surface area contributed by atoms with Crippen molar-refractivity contribution in [3.8, 4) is 0 Å². The van der Waals surface area contributed by atoms with Crippen LogP contribution in [-0.2, 0) is 0 Å². The maximum Gasteiger partial charge on any atom is 0.270 e. The van der Waals surface area contributed by atoms with Crippen LogP contribution < -0.4 is 10.2 Å². The van der Waals surface area contributed by atoms with Crippen molar-refractivity contribution >= 4 is 29.1 Å². The van der Waals surface area contributed by atoms with E-state index in [1.807, 2.05) is 37.3 Å². The van der Waals surface area contributed by atoms with Crippen LogP contribution in [-0.4, -0.2) is 22.6 Å². The maximum atomic E-state index is 12.8. The number of anilines is 1. The molecule has 0 spiro atoms. The van der Waals surface area contributed by atoms with E-state index in [-0.39, 0.29) is 40.0 Å². The number of amides is 3. The number of hydrogen-bond acceptors (Lipinski definition) is 5. The number of hydrogen-bond donors (Lipinski definition) is 1. The van der Waals surface area contributed by atoms with Gasteiger partial charge >= 0.3 is 0 Å². The van der Waals surface area contributed by atoms with Crippen molar-refractivity contribution in [3.05, 3.63) is 105 Å². The molecular formula is C23H17N3O5. The zero-order valence-corrected chi connectivity index (χ0v) is 16.4. The number of imide groups is 1. The van der Waals surface area contributed by atoms with Crippen LogP contribution in [0, 0.1) is 10.1 Å². The molecule has 1 N–H and O–H groups in total. The van der Waals surface area contributed by atoms with Gasteiger partial charge in [-0.15, -0.1) is 0 Å². The van der Waals surface area contributed by atoms with Gasteiger partial charge in [0.05, 0.1) is 27.8 Å². The minimum Gasteiger partial charge on any atom is -0.346 e. The lowest BCUT2D eigenvalue weighted by Crippen LogP contribution is -2.30. The van der Waals surface area contributed by atoms with Gasteiger partial charge in [0.15, 0.2) is 0 Å². The topological polar surface area (TPSA) is 110 Å². The lowest BCUT2D eigenvalue weighted by molar-refractivity contribution is -0.384. The average molecular weight is 415 g/mol. The molecule has 0 radical (unpaired) electrons. The molecule has 154 valence electrons. The highest BCUT2D eigenvalue weighted by Crippen LogP contribution is 2.31. The van der Waals surface area contributed by atoms with E-state index < -0.39 is 16.7 Å². The molecule has 8 nitrogen and oxygen atoms in total. The Kier molecular flexibility index (Phi) is 5.04. The van der Waals surface area contributed by atoms with Gasteiger partial charge in [-0.1, -0.05) is 36.4 Å². The van der Waals surface area contributed by atoms with Crippen molar-refractivity contribution in [3.63, 3.8) is 0 Å². The quantitative estimate of drug-likeness (QED) is 0.386. The molecule has 3 aromatic carbocycles. The molecule has 0 saturated heterocycles. The lowest BCUT2D eigenvalue weighted by Gasteiger charge is -2.17. The number of nitrogens with one attached hydrogen (secondary N) is 1. The minimum absolute atomic E-state index is 0.0354. The van der Waals surface area contributed by atoms with Crippen molar-refractivity contribution in [2.45, 2.75) is 13.0 Å². The van der Waals surface area contributed by atoms with E-state index in [9.17, 15) is 24.5 Å². The molecule has 3 aromatic rings. The number of carbonyl (C=O) groups excluding carboxylic acids is 3. The number of nitro groups is 1. The van der Waals surface area contributed by atoms with E-state index in [0.29, 0.717) is 0 Å². The van der Waals surface area contributed by atoms with E-state index in [4.69, 9.17) is 0 Å². The van der Waals surface area contributed by atoms with Gasteiger partial charge in [-0.25, -0.2) is 4.90 Å². The Bertz CT molecular complexity index is 1220. The highest BCUT2D eigenvalue weighted by Gasteiger charge is 2.38. The fourth-order valence-electron chi connectivity index (χ4n) is 3.47. The first-order chi connectivity index (χ1) is 14.9. The van der Waals surface area contributed by atoms with E-state index in [2.05, 4.69) is 5.32 Å². The maximum absolute atomic E-state index is 12.8. The van der Waals surface area contributed by atoms with Gasteiger partial charge in [-0.2, -0.15) is 0 Å². The molecule has 0 aliphatic carbocycles. The molecule has 4 rings (SSSR count). The van der Waals surface area contributed by atoms with Crippen molar-refractivity contribution in [1.82, 2.24) is 5.32 Å². The smallest absolute Gasteiger partial charge is 0.270 e. The highest BCUT2D eigenvalue weighted by atomic mass is 16.6. The fourth-order valence-corrected chi connectivity index (χ4v) is 3.47. The monoisotopic (exact) mass is 415 g/mol. The normalized spacial score (nSPS) is 13.6. The molecular weight excluding hydrogens is 398 g/mol. The Morgan fingerprint density at radius 1 is 0.935 bits per heavy atom. The molecule has 1 atom stereocenters. The molecule has 31 heavy (non-hydrogen) atoms. The summed E-state index contributed by atoms with van der Waals surface area (Å²) in [5.41, 5.74) is 1.21. The predicted molar refractivity (Wildman–Crippen MR) is 113 cm³/mol. The number of nitrogens with zero attached hydrogens (tertiary/aromatic N) is 2. The average Bonchev–Trinajstić information content (AvgIpc) is 3.04. The van der Waals surface area contributed by atoms with Crippen molar-refractivity contribution in [1.29, 1.82) is 0 Å². The van der Waals surface area contributed by atoms with Crippen molar-refractivity contribution in [2.75, 3.05) is 4.90 Å². The van der Waals surface area contributed by atoms with Gasteiger partial charge in [-0.05, 0) is 36.8 Å². The van der Waals surface area contributed by atoms with Crippen LogP contribution in [0.15, 0.2) is 72.8 Å². The summed E-state index contributed by atoms with van der Waals surface area (Å²) in [4.78, 5) is 49.6. The largest absolute Gasteiger partial charge is 0.346 e. The summed E-state index contributed by atoms with van der Waals surface area (Å²) >= 11 is 0. The Labute approximate surface area is 177 Å². The number of nitro benzene ring substituents is 1. The van der Waals surface area contributed by atoms with E-state index in [1.54, 1.807) is 12.1 Å². The van der Waals surface area contributed by atoms with Crippen molar-refractivity contribution in [2.24, 2.45) is 0 Å². The number of non-ortho nitro benzene ring substituents is 1. The molecule has 0 aromatic heterocycles. The molecule has 1 aliphatic rings. The van der Waals surface area contributed by atoms with Gasteiger partial charge < -0.3 is 5.32 Å². The van der Waals surface area contributed by atoms with Crippen LogP contribution in [0.3, 0.4) is 0 Å². The Morgan fingerprint density at radius 2 is 1.65 bits per heavy atom. The number of benzene rings is 3. The van der Waals surface area contributed by atoms with Crippen LogP contribution in [0.1, 0.15) is 49.6 Å². The SMILES string of the molecule is CC(NC(=O)c1cccc(N2C(=O)c3ccc([N+](=O)[O-])cc3C2=O)c1)c1ccccc1. The highest BCUT2D eigenvalue weighted by molar-refractivity contribution is 6.34. The lowest BCUT2D eigenvalue weighted by atomic mass is 10.1. The van der Waals surface area contributed by atoms with Crippen LogP contribution in [0.2, 0.25) is 0 Å². The van der Waals surface area contributed by atoms with Crippen molar-refractivity contribution < 1.29 is 19.3 Å². The number of carbonyl (C=O) groups is 3. The Balaban J connectivity index is 1.59. The van der Waals surface area contributed by atoms with Gasteiger partial charge in [0.2, 0.25) is 0 Å². The summed E-state index contributed by atoms with van der Waals surface area (Å²) in [6.45, 7) is 1.86. The summed E-state index contributed by atoms with van der Waals surface area (Å²) in [6, 6.07) is 18.9. The molecule has 1 aliphatic heterocycles. The van der Waals surface area contributed by atoms with E-state index >= 15 is 0 Å². The third-order valence-electron chi connectivity index (χ3n) is 5.09. The second kappa shape index (κ2) is 7.83. The van der Waals surface area contributed by atoms with Gasteiger partial charge in [0.25, 0.3) is 23.4 Å². The Morgan fingerprint density at radius 3 is 2.35 bits per heavy atom. The summed E-state index contributed by atoms with van der Waals surface area (Å²) < 4.78 is 0. The van der Waals surface area contributed by atoms with E-state index in [0.717, 1.165) is 16.5 Å². The summed E-state index contributed by atoms with van der Waals surface area (Å²) in [7, 11) is 0. The molecule has 3 amide bonds. The number of fused-ring (bicyclic) bond motifs is 1. The second-order valence-corrected chi connectivity index (χ2v) is 7.09. The zero-order chi connectivity index (χ0) is 22.1. The zero-order valence-electron chi connectivity index (χ0n) is 16.4. The second-order valence-electron chi connectivity index (χ2n) is 7.09. The molecule has 0 saturated carbocycles. The Hall–Kier alpha value is -4.33. The van der Waals surface area contributed by atoms with Crippen LogP contribution in [0.4, 0.5) is 11.4 Å². The molecule has 1 unspecified atom stereocenters. The van der Waals surface area contributed by atoms with Gasteiger partial charge in [0.1, 0.15) is 0 Å². The van der Waals surface area contributed by atoms with Gasteiger partial charge in [-0.3, -0.25) is 24.5 Å². The first kappa shape index (κ1) is 20.0. The summed E-state index contributed by atoms with van der Waals surface area (Å²) in [6.07, 6.45) is 0. The van der Waals surface area contributed by atoms with Crippen LogP contribution >= 0.6 is 0 Å². The molecule has 8 heteroatoms. The van der Waals surface area contributed by atoms with Gasteiger partial charge in [0, 0.05) is 17.7 Å². The first-order valence-corrected chi connectivity index (χ1v) is 9.50. The number of rotatable bonds is 5. The van der Waals surface area contributed by atoms with Crippen LogP contribution in [0.25, 0.3) is 0 Å². The summed E-state index contributed by atoms with van der Waals surface area (Å²) in [5, 5.41) is 13.9. The van der Waals surface area contributed by atoms with E-state index in [1.165, 1.54) is 24.3 Å². The minimum atomic E-state index is -0.668. The standard InChI is InChI=1S/C23H17N3O5/c1-14(15-6-3-2-4-7-15)24-21(27)16-8-5-9-17(12-16)25-22(28)19-11-10-18(26(30)31)13-20(19)23(25)29/h2-14H,1H3,(H,24,27). The summed E-state index contributed by atoms with van der Waals surface area (Å²) in [5.74, 6) is -1.62. The third kappa shape index (κ3) is 3.66. The fraction of sp³-hybridized carbons (Fsp3) is 0.0870. The predicted octanol–water partition coefficient (Wildman–Crippen LogP) is 3.89. The molecule has 1 heterocycles. The van der Waals surface area contributed by atoms with Crippen LogP contribution in [0.5, 0.6) is 0 Å².